The molecule has 2 heteroatoms. The van der Waals surface area contributed by atoms with Gasteiger partial charge in [-0.1, -0.05) is 47.0 Å². The van der Waals surface area contributed by atoms with Crippen molar-refractivity contribution in [3.8, 4) is 0 Å². The van der Waals surface area contributed by atoms with Gasteiger partial charge in [0.15, 0.2) is 0 Å². The Morgan fingerprint density at radius 2 is 1.93 bits per heavy atom. The normalized spacial score (nSPS) is 19.3. The molecule has 0 saturated heterocycles. The number of halogens is 1. The van der Waals surface area contributed by atoms with Crippen LogP contribution in [-0.4, -0.2) is 12.0 Å². The Hall–Kier alpha value is 0.0500. The Morgan fingerprint density at radius 3 is 2.53 bits per heavy atom. The van der Waals surface area contributed by atoms with Gasteiger partial charge in [-0.25, -0.2) is 0 Å². The van der Waals surface area contributed by atoms with Gasteiger partial charge in [0.2, 0.25) is 0 Å². The summed E-state index contributed by atoms with van der Waals surface area (Å²) in [5.74, 6) is 1.26. The highest BCUT2D eigenvalue weighted by Crippen LogP contribution is 2.45. The van der Waals surface area contributed by atoms with Crippen LogP contribution in [0.15, 0.2) is 28.7 Å². The molecule has 15 heavy (non-hydrogen) atoms. The van der Waals surface area contributed by atoms with Crippen LogP contribution in [0.4, 0.5) is 0 Å². The summed E-state index contributed by atoms with van der Waals surface area (Å²) in [4.78, 5) is 0. The van der Waals surface area contributed by atoms with Gasteiger partial charge in [-0.05, 0) is 30.7 Å². The molecule has 1 saturated carbocycles. The zero-order valence-electron chi connectivity index (χ0n) is 9.13. The van der Waals surface area contributed by atoms with Crippen molar-refractivity contribution in [1.82, 2.24) is 0 Å². The van der Waals surface area contributed by atoms with Crippen molar-refractivity contribution in [2.45, 2.75) is 31.1 Å². The number of benzene rings is 1. The number of thioether (sulfide) groups is 1. The van der Waals surface area contributed by atoms with Crippen molar-refractivity contribution in [1.29, 1.82) is 0 Å². The molecule has 0 amide bonds. The summed E-state index contributed by atoms with van der Waals surface area (Å²) in [6.07, 6.45) is 7.72. The lowest BCUT2D eigenvalue weighted by Gasteiger charge is -2.29. The highest BCUT2D eigenvalue weighted by Gasteiger charge is 2.36. The fourth-order valence-corrected chi connectivity index (χ4v) is 4.41. The Bertz CT molecular complexity index is 329. The molecule has 0 heterocycles. The lowest BCUT2D eigenvalue weighted by molar-refractivity contribution is 0.499. The molecule has 0 aliphatic heterocycles. The van der Waals surface area contributed by atoms with E-state index in [4.69, 9.17) is 0 Å². The van der Waals surface area contributed by atoms with Crippen molar-refractivity contribution in [3.05, 3.63) is 34.3 Å². The first-order chi connectivity index (χ1) is 7.28. The first-order valence-corrected chi connectivity index (χ1v) is 7.71. The highest BCUT2D eigenvalue weighted by molar-refractivity contribution is 9.10. The van der Waals surface area contributed by atoms with Crippen molar-refractivity contribution in [3.63, 3.8) is 0 Å². The van der Waals surface area contributed by atoms with E-state index in [0.717, 1.165) is 0 Å². The first-order valence-electron chi connectivity index (χ1n) is 5.52. The molecule has 0 nitrogen and oxygen atoms in total. The largest absolute Gasteiger partial charge is 0.165 e. The maximum Gasteiger partial charge on any atom is 0.0213 e. The van der Waals surface area contributed by atoms with E-state index in [1.54, 1.807) is 0 Å². The highest BCUT2D eigenvalue weighted by atomic mass is 79.9. The standard InChI is InChI=1S/C13H17BrS/c1-15-10-13(8-4-5-9-13)11-6-2-3-7-12(11)14/h2-3,6-7H,4-5,8-10H2,1H3. The van der Waals surface area contributed by atoms with E-state index in [1.165, 1.54) is 41.5 Å². The molecule has 0 unspecified atom stereocenters. The van der Waals surface area contributed by atoms with Crippen LogP contribution in [0, 0.1) is 0 Å². The quantitative estimate of drug-likeness (QED) is 0.780. The second-order valence-electron chi connectivity index (χ2n) is 4.40. The minimum absolute atomic E-state index is 0.444. The Kier molecular flexibility index (Phi) is 3.78. The molecule has 1 fully saturated rings. The second-order valence-corrected chi connectivity index (χ2v) is 6.12. The van der Waals surface area contributed by atoms with E-state index in [-0.39, 0.29) is 0 Å². The molecule has 0 aromatic heterocycles. The summed E-state index contributed by atoms with van der Waals surface area (Å²) >= 11 is 5.68. The Morgan fingerprint density at radius 1 is 1.27 bits per heavy atom. The van der Waals surface area contributed by atoms with Crippen LogP contribution in [0.25, 0.3) is 0 Å². The summed E-state index contributed by atoms with van der Waals surface area (Å²) in [5, 5.41) is 0. The van der Waals surface area contributed by atoms with E-state index in [2.05, 4.69) is 46.5 Å². The van der Waals surface area contributed by atoms with Crippen LogP contribution in [0.3, 0.4) is 0 Å². The van der Waals surface area contributed by atoms with E-state index < -0.39 is 0 Å². The molecule has 1 aliphatic rings. The zero-order chi connectivity index (χ0) is 10.7. The topological polar surface area (TPSA) is 0 Å². The first kappa shape index (κ1) is 11.5. The molecule has 0 spiro atoms. The third-order valence-corrected chi connectivity index (χ3v) is 4.96. The molecule has 2 rings (SSSR count). The van der Waals surface area contributed by atoms with Crippen LogP contribution in [0.5, 0.6) is 0 Å². The fraction of sp³-hybridized carbons (Fsp3) is 0.538. The lowest BCUT2D eigenvalue weighted by Crippen LogP contribution is -2.25. The predicted molar refractivity (Wildman–Crippen MR) is 72.7 cm³/mol. The monoisotopic (exact) mass is 284 g/mol. The average molecular weight is 285 g/mol. The number of hydrogen-bond donors (Lipinski definition) is 0. The van der Waals surface area contributed by atoms with Gasteiger partial charge < -0.3 is 0 Å². The van der Waals surface area contributed by atoms with Gasteiger partial charge in [0.25, 0.3) is 0 Å². The maximum absolute atomic E-state index is 3.70. The van der Waals surface area contributed by atoms with Gasteiger partial charge in [-0.3, -0.25) is 0 Å². The van der Waals surface area contributed by atoms with Crippen LogP contribution in [0.2, 0.25) is 0 Å². The summed E-state index contributed by atoms with van der Waals surface area (Å²) in [5.41, 5.74) is 1.97. The molecule has 82 valence electrons. The summed E-state index contributed by atoms with van der Waals surface area (Å²) in [6, 6.07) is 8.75. The van der Waals surface area contributed by atoms with Crippen molar-refractivity contribution in [2.24, 2.45) is 0 Å². The summed E-state index contributed by atoms with van der Waals surface area (Å²) < 4.78 is 1.29. The smallest absolute Gasteiger partial charge is 0.0213 e. The minimum atomic E-state index is 0.444. The molecule has 0 atom stereocenters. The molecule has 0 bridgehead atoms. The lowest BCUT2D eigenvalue weighted by atomic mass is 9.81. The molecular weight excluding hydrogens is 268 g/mol. The van der Waals surface area contributed by atoms with E-state index in [1.807, 2.05) is 11.8 Å². The molecular formula is C13H17BrS. The molecule has 0 radical (unpaired) electrons. The summed E-state index contributed by atoms with van der Waals surface area (Å²) in [7, 11) is 0. The van der Waals surface area contributed by atoms with E-state index in [9.17, 15) is 0 Å². The van der Waals surface area contributed by atoms with Crippen LogP contribution in [0.1, 0.15) is 31.2 Å². The maximum atomic E-state index is 3.70. The fourth-order valence-electron chi connectivity index (χ4n) is 2.71. The van der Waals surface area contributed by atoms with Gasteiger partial charge in [0.1, 0.15) is 0 Å². The minimum Gasteiger partial charge on any atom is -0.165 e. The number of rotatable bonds is 3. The third-order valence-electron chi connectivity index (χ3n) is 3.43. The molecule has 1 aromatic rings. The van der Waals surface area contributed by atoms with Gasteiger partial charge in [-0.2, -0.15) is 11.8 Å². The van der Waals surface area contributed by atoms with Gasteiger partial charge >= 0.3 is 0 Å². The Balaban J connectivity index is 2.36. The van der Waals surface area contributed by atoms with Crippen molar-refractivity contribution >= 4 is 27.7 Å². The van der Waals surface area contributed by atoms with Crippen LogP contribution < -0.4 is 0 Å². The predicted octanol–water partition coefficient (Wildman–Crippen LogP) is 4.62. The van der Waals surface area contributed by atoms with E-state index in [0.29, 0.717) is 5.41 Å². The molecule has 1 aliphatic carbocycles. The zero-order valence-corrected chi connectivity index (χ0v) is 11.5. The van der Waals surface area contributed by atoms with Gasteiger partial charge in [-0.15, -0.1) is 0 Å². The van der Waals surface area contributed by atoms with Crippen molar-refractivity contribution < 1.29 is 0 Å². The SMILES string of the molecule is CSCC1(c2ccccc2Br)CCCC1. The van der Waals surface area contributed by atoms with Crippen molar-refractivity contribution in [2.75, 3.05) is 12.0 Å². The van der Waals surface area contributed by atoms with Crippen LogP contribution >= 0.6 is 27.7 Å². The third kappa shape index (κ3) is 2.26. The van der Waals surface area contributed by atoms with E-state index >= 15 is 0 Å². The molecule has 1 aromatic carbocycles. The molecule has 0 N–H and O–H groups in total. The Labute approximate surface area is 105 Å². The average Bonchev–Trinajstić information content (AvgIpc) is 2.69. The number of hydrogen-bond acceptors (Lipinski definition) is 1. The van der Waals surface area contributed by atoms with Gasteiger partial charge in [0.05, 0.1) is 0 Å². The second kappa shape index (κ2) is 4.92. The van der Waals surface area contributed by atoms with Gasteiger partial charge in [0, 0.05) is 15.6 Å². The summed E-state index contributed by atoms with van der Waals surface area (Å²) in [6.45, 7) is 0. The van der Waals surface area contributed by atoms with Crippen LogP contribution in [-0.2, 0) is 5.41 Å².